The zero-order valence-electron chi connectivity index (χ0n) is 11.1. The third kappa shape index (κ3) is 3.29. The Morgan fingerprint density at radius 3 is 2.95 bits per heavy atom. The highest BCUT2D eigenvalue weighted by Gasteiger charge is 2.21. The van der Waals surface area contributed by atoms with Crippen LogP contribution in [0.15, 0.2) is 16.6 Å². The summed E-state index contributed by atoms with van der Waals surface area (Å²) in [5.74, 6) is -0.449. The van der Waals surface area contributed by atoms with Crippen molar-refractivity contribution < 1.29 is 9.50 Å². The summed E-state index contributed by atoms with van der Waals surface area (Å²) in [6, 6.07) is 5.45. The molecule has 0 radical (unpaired) electrons. The average molecular weight is 342 g/mol. The van der Waals surface area contributed by atoms with Crippen molar-refractivity contribution in [2.24, 2.45) is 0 Å². The van der Waals surface area contributed by atoms with Crippen LogP contribution in [0.3, 0.4) is 0 Å². The molecule has 1 aromatic carbocycles. The lowest BCUT2D eigenvalue weighted by Crippen LogP contribution is -2.39. The van der Waals surface area contributed by atoms with Crippen molar-refractivity contribution >= 4 is 21.6 Å². The van der Waals surface area contributed by atoms with E-state index in [1.165, 1.54) is 0 Å². The summed E-state index contributed by atoms with van der Waals surface area (Å²) in [7, 11) is 0. The lowest BCUT2D eigenvalue weighted by molar-refractivity contribution is 0.300. The number of halogens is 2. The highest BCUT2D eigenvalue weighted by molar-refractivity contribution is 9.10. The van der Waals surface area contributed by atoms with Crippen LogP contribution in [0, 0.1) is 17.1 Å². The normalized spacial score (nSPS) is 18.0. The molecule has 1 aliphatic heterocycles. The van der Waals surface area contributed by atoms with E-state index in [0.29, 0.717) is 24.8 Å². The Kier molecular flexibility index (Phi) is 5.35. The number of benzene rings is 1. The Hall–Kier alpha value is -1.16. The zero-order chi connectivity index (χ0) is 14.5. The van der Waals surface area contributed by atoms with Crippen LogP contribution < -0.4 is 10.2 Å². The number of nitriles is 1. The van der Waals surface area contributed by atoms with Gasteiger partial charge in [0.25, 0.3) is 0 Å². The first-order valence-corrected chi connectivity index (χ1v) is 7.44. The first-order chi connectivity index (χ1) is 9.67. The topological polar surface area (TPSA) is 59.3 Å². The molecule has 6 heteroatoms. The van der Waals surface area contributed by atoms with Gasteiger partial charge in [0.2, 0.25) is 0 Å². The van der Waals surface area contributed by atoms with Crippen molar-refractivity contribution in [2.75, 3.05) is 31.1 Å². The third-order valence-corrected chi connectivity index (χ3v) is 4.27. The van der Waals surface area contributed by atoms with E-state index >= 15 is 0 Å². The molecular formula is C14H17BrFN3O. The van der Waals surface area contributed by atoms with Gasteiger partial charge >= 0.3 is 0 Å². The number of nitrogens with one attached hydrogen (secondary N) is 1. The van der Waals surface area contributed by atoms with E-state index < -0.39 is 5.82 Å². The summed E-state index contributed by atoms with van der Waals surface area (Å²) in [4.78, 5) is 1.82. The van der Waals surface area contributed by atoms with E-state index in [1.807, 2.05) is 11.0 Å². The second-order valence-electron chi connectivity index (χ2n) is 4.83. The van der Waals surface area contributed by atoms with E-state index in [1.54, 1.807) is 12.1 Å². The lowest BCUT2D eigenvalue weighted by atomic mass is 10.1. The monoisotopic (exact) mass is 341 g/mol. The minimum absolute atomic E-state index is 0.0379. The fourth-order valence-electron chi connectivity index (χ4n) is 2.48. The number of aliphatic hydroxyl groups excluding tert-OH is 1. The highest BCUT2D eigenvalue weighted by Crippen LogP contribution is 2.29. The maximum atomic E-state index is 14.4. The van der Waals surface area contributed by atoms with Gasteiger partial charge in [-0.05, 0) is 47.4 Å². The van der Waals surface area contributed by atoms with Crippen LogP contribution in [0.4, 0.5) is 10.1 Å². The molecule has 1 aromatic rings. The molecule has 1 unspecified atom stereocenters. The molecule has 1 heterocycles. The number of hydrogen-bond acceptors (Lipinski definition) is 4. The molecule has 1 aliphatic rings. The molecule has 1 saturated heterocycles. The van der Waals surface area contributed by atoms with Crippen molar-refractivity contribution in [3.8, 4) is 6.07 Å². The summed E-state index contributed by atoms with van der Waals surface area (Å²) < 4.78 is 14.5. The van der Waals surface area contributed by atoms with Gasteiger partial charge in [0.15, 0.2) is 5.82 Å². The van der Waals surface area contributed by atoms with E-state index in [-0.39, 0.29) is 16.6 Å². The first-order valence-electron chi connectivity index (χ1n) is 6.64. The Balaban J connectivity index is 2.24. The molecular weight excluding hydrogens is 325 g/mol. The average Bonchev–Trinajstić information content (AvgIpc) is 2.94. The predicted octanol–water partition coefficient (Wildman–Crippen LogP) is 2.01. The first kappa shape index (κ1) is 15.2. The second kappa shape index (κ2) is 7.02. The smallest absolute Gasteiger partial charge is 0.161 e. The molecule has 0 spiro atoms. The number of rotatable bonds is 5. The minimum atomic E-state index is -0.449. The van der Waals surface area contributed by atoms with Crippen LogP contribution in [-0.4, -0.2) is 37.4 Å². The Morgan fingerprint density at radius 1 is 1.55 bits per heavy atom. The van der Waals surface area contributed by atoms with E-state index in [2.05, 4.69) is 21.2 Å². The van der Waals surface area contributed by atoms with Crippen molar-refractivity contribution in [3.63, 3.8) is 0 Å². The van der Waals surface area contributed by atoms with Crippen LogP contribution in [-0.2, 0) is 0 Å². The number of nitrogens with zero attached hydrogens (tertiary/aromatic N) is 2. The number of hydrogen-bond donors (Lipinski definition) is 2. The third-order valence-electron chi connectivity index (χ3n) is 3.50. The molecule has 0 bridgehead atoms. The van der Waals surface area contributed by atoms with Crippen molar-refractivity contribution in [3.05, 3.63) is 28.0 Å². The Morgan fingerprint density at radius 2 is 2.35 bits per heavy atom. The van der Waals surface area contributed by atoms with Crippen LogP contribution >= 0.6 is 15.9 Å². The minimum Gasteiger partial charge on any atom is -0.395 e. The van der Waals surface area contributed by atoms with Crippen molar-refractivity contribution in [1.29, 1.82) is 5.26 Å². The van der Waals surface area contributed by atoms with Gasteiger partial charge in [-0.25, -0.2) is 4.39 Å². The largest absolute Gasteiger partial charge is 0.395 e. The number of anilines is 1. The molecule has 0 aromatic heterocycles. The fourth-order valence-corrected chi connectivity index (χ4v) is 2.90. The molecule has 2 rings (SSSR count). The summed E-state index contributed by atoms with van der Waals surface area (Å²) in [5.41, 5.74) is 0.688. The molecule has 0 aliphatic carbocycles. The lowest BCUT2D eigenvalue weighted by Gasteiger charge is -2.28. The van der Waals surface area contributed by atoms with Gasteiger partial charge in [-0.15, -0.1) is 0 Å². The molecule has 0 saturated carbocycles. The van der Waals surface area contributed by atoms with Gasteiger partial charge in [0, 0.05) is 19.1 Å². The van der Waals surface area contributed by atoms with Gasteiger partial charge in [-0.3, -0.25) is 0 Å². The van der Waals surface area contributed by atoms with E-state index in [9.17, 15) is 9.50 Å². The van der Waals surface area contributed by atoms with Gasteiger partial charge in [-0.2, -0.15) is 5.26 Å². The Labute approximate surface area is 126 Å². The SMILES string of the molecule is N#Cc1ccc(N(CCO)CC2CCCN2)c(F)c1Br. The highest BCUT2D eigenvalue weighted by atomic mass is 79.9. The Bertz CT molecular complexity index is 512. The van der Waals surface area contributed by atoms with E-state index in [4.69, 9.17) is 5.26 Å². The quantitative estimate of drug-likeness (QED) is 0.860. The maximum Gasteiger partial charge on any atom is 0.161 e. The van der Waals surface area contributed by atoms with Crippen molar-refractivity contribution in [1.82, 2.24) is 5.32 Å². The number of aliphatic hydroxyl groups is 1. The standard InChI is InChI=1S/C14H17BrFN3O/c15-13-10(8-17)3-4-12(14(13)16)19(6-7-20)9-11-2-1-5-18-11/h3-4,11,18,20H,1-2,5-7,9H2. The molecule has 2 N–H and O–H groups in total. The predicted molar refractivity (Wildman–Crippen MR) is 79.1 cm³/mol. The molecule has 1 fully saturated rings. The molecule has 20 heavy (non-hydrogen) atoms. The zero-order valence-corrected chi connectivity index (χ0v) is 12.7. The summed E-state index contributed by atoms with van der Waals surface area (Å²) in [6.07, 6.45) is 2.18. The molecule has 1 atom stereocenters. The van der Waals surface area contributed by atoms with Gasteiger partial charge in [-0.1, -0.05) is 0 Å². The van der Waals surface area contributed by atoms with Crippen LogP contribution in [0.5, 0.6) is 0 Å². The van der Waals surface area contributed by atoms with Gasteiger partial charge in [0.1, 0.15) is 6.07 Å². The van der Waals surface area contributed by atoms with Crippen LogP contribution in [0.2, 0.25) is 0 Å². The van der Waals surface area contributed by atoms with Crippen molar-refractivity contribution in [2.45, 2.75) is 18.9 Å². The summed E-state index contributed by atoms with van der Waals surface area (Å²) >= 11 is 3.12. The van der Waals surface area contributed by atoms with Gasteiger partial charge < -0.3 is 15.3 Å². The van der Waals surface area contributed by atoms with E-state index in [0.717, 1.165) is 19.4 Å². The fraction of sp³-hybridized carbons (Fsp3) is 0.500. The summed E-state index contributed by atoms with van der Waals surface area (Å²) in [6.45, 7) is 1.96. The maximum absolute atomic E-state index is 14.4. The molecule has 4 nitrogen and oxygen atoms in total. The summed E-state index contributed by atoms with van der Waals surface area (Å²) in [5, 5.41) is 21.4. The van der Waals surface area contributed by atoms with Crippen LogP contribution in [0.25, 0.3) is 0 Å². The molecule has 0 amide bonds. The van der Waals surface area contributed by atoms with Gasteiger partial charge in [0.05, 0.1) is 22.3 Å². The second-order valence-corrected chi connectivity index (χ2v) is 5.63. The van der Waals surface area contributed by atoms with Crippen LogP contribution in [0.1, 0.15) is 18.4 Å². The molecule has 108 valence electrons.